The van der Waals surface area contributed by atoms with Gasteiger partial charge in [0.25, 0.3) is 0 Å². The van der Waals surface area contributed by atoms with E-state index in [2.05, 4.69) is 15.6 Å². The molecule has 1 aromatic carbocycles. The van der Waals surface area contributed by atoms with Gasteiger partial charge in [0.15, 0.2) is 5.13 Å². The molecule has 6 heteroatoms. The van der Waals surface area contributed by atoms with Gasteiger partial charge >= 0.3 is 0 Å². The molecule has 2 amide bonds. The normalized spacial score (nSPS) is 15.0. The van der Waals surface area contributed by atoms with Crippen LogP contribution in [-0.4, -0.2) is 16.8 Å². The molecule has 0 spiro atoms. The Kier molecular flexibility index (Phi) is 4.91. The van der Waals surface area contributed by atoms with Crippen molar-refractivity contribution in [1.82, 2.24) is 4.98 Å². The maximum atomic E-state index is 12.1. The second-order valence-corrected chi connectivity index (χ2v) is 7.15. The predicted molar refractivity (Wildman–Crippen MR) is 93.7 cm³/mol. The average Bonchev–Trinajstić information content (AvgIpc) is 3.12. The number of carbonyl (C=O) groups excluding carboxylic acids is 2. The summed E-state index contributed by atoms with van der Waals surface area (Å²) in [5.41, 5.74) is 1.57. The van der Waals surface area contributed by atoms with Crippen molar-refractivity contribution in [3.8, 4) is 0 Å². The van der Waals surface area contributed by atoms with Gasteiger partial charge in [-0.3, -0.25) is 9.59 Å². The number of hydrogen-bond donors (Lipinski definition) is 2. The number of carbonyl (C=O) groups is 2. The van der Waals surface area contributed by atoms with Crippen LogP contribution < -0.4 is 10.6 Å². The zero-order valence-electron chi connectivity index (χ0n) is 13.2. The monoisotopic (exact) mass is 331 g/mol. The molecule has 1 heterocycles. The molecule has 2 N–H and O–H groups in total. The van der Waals surface area contributed by atoms with Crippen LogP contribution in [0.2, 0.25) is 0 Å². The number of thiazole rings is 1. The van der Waals surface area contributed by atoms with Crippen molar-refractivity contribution in [2.45, 2.75) is 45.4 Å². The summed E-state index contributed by atoms with van der Waals surface area (Å²) in [6.45, 7) is 1.48. The highest BCUT2D eigenvalue weighted by atomic mass is 32.1. The van der Waals surface area contributed by atoms with Crippen LogP contribution >= 0.6 is 11.3 Å². The third-order valence-electron chi connectivity index (χ3n) is 4.21. The van der Waals surface area contributed by atoms with E-state index >= 15 is 0 Å². The Morgan fingerprint density at radius 2 is 2.04 bits per heavy atom. The molecular formula is C17H21N3O2S. The maximum absolute atomic E-state index is 12.1. The Bertz CT molecular complexity index is 720. The summed E-state index contributed by atoms with van der Waals surface area (Å²) in [7, 11) is 0. The van der Waals surface area contributed by atoms with E-state index in [0.29, 0.717) is 11.6 Å². The van der Waals surface area contributed by atoms with Crippen LogP contribution in [0.15, 0.2) is 18.2 Å². The molecule has 122 valence electrons. The van der Waals surface area contributed by atoms with Gasteiger partial charge in [-0.15, -0.1) is 0 Å². The molecule has 1 aromatic heterocycles. The Hall–Kier alpha value is -1.95. The summed E-state index contributed by atoms with van der Waals surface area (Å²) in [6, 6.07) is 5.54. The standard InChI is InChI=1S/C17H21N3O2S/c1-11(21)18-13-7-8-14-15(10-13)23-17(19-14)20-16(22)9-6-12-4-2-3-5-12/h7-8,10,12H,2-6,9H2,1H3,(H,18,21)(H,19,20,22). The number of rotatable bonds is 5. The van der Waals surface area contributed by atoms with Crippen LogP contribution in [0.4, 0.5) is 10.8 Å². The van der Waals surface area contributed by atoms with Crippen LogP contribution in [0, 0.1) is 5.92 Å². The van der Waals surface area contributed by atoms with Crippen molar-refractivity contribution in [3.05, 3.63) is 18.2 Å². The van der Waals surface area contributed by atoms with E-state index in [9.17, 15) is 9.59 Å². The Labute approximate surface area is 139 Å². The van der Waals surface area contributed by atoms with Crippen LogP contribution in [0.5, 0.6) is 0 Å². The third kappa shape index (κ3) is 4.28. The zero-order valence-corrected chi connectivity index (χ0v) is 14.0. The third-order valence-corrected chi connectivity index (χ3v) is 5.14. The molecule has 0 radical (unpaired) electrons. The van der Waals surface area contributed by atoms with Gasteiger partial charge < -0.3 is 10.6 Å². The summed E-state index contributed by atoms with van der Waals surface area (Å²) < 4.78 is 0.947. The number of nitrogens with zero attached hydrogens (tertiary/aromatic N) is 1. The Balaban J connectivity index is 1.60. The highest BCUT2D eigenvalue weighted by Gasteiger charge is 2.16. The molecule has 5 nitrogen and oxygen atoms in total. The fourth-order valence-electron chi connectivity index (χ4n) is 3.08. The van der Waals surface area contributed by atoms with E-state index < -0.39 is 0 Å². The van der Waals surface area contributed by atoms with Gasteiger partial charge in [-0.1, -0.05) is 37.0 Å². The summed E-state index contributed by atoms with van der Waals surface area (Å²) in [4.78, 5) is 27.6. The Morgan fingerprint density at radius 1 is 1.26 bits per heavy atom. The second-order valence-electron chi connectivity index (χ2n) is 6.12. The first-order valence-corrected chi connectivity index (χ1v) is 8.90. The summed E-state index contributed by atoms with van der Waals surface area (Å²) in [6.07, 6.45) is 6.68. The van der Waals surface area contributed by atoms with Crippen molar-refractivity contribution in [1.29, 1.82) is 0 Å². The highest BCUT2D eigenvalue weighted by Crippen LogP contribution is 2.30. The van der Waals surface area contributed by atoms with Crippen molar-refractivity contribution >= 4 is 44.2 Å². The van der Waals surface area contributed by atoms with Crippen molar-refractivity contribution in [3.63, 3.8) is 0 Å². The Morgan fingerprint density at radius 3 is 2.78 bits per heavy atom. The van der Waals surface area contributed by atoms with Gasteiger partial charge in [-0.2, -0.15) is 0 Å². The van der Waals surface area contributed by atoms with Crippen LogP contribution in [0.25, 0.3) is 10.2 Å². The van der Waals surface area contributed by atoms with Gasteiger partial charge in [0.05, 0.1) is 10.2 Å². The first kappa shape index (κ1) is 15.9. The van der Waals surface area contributed by atoms with Crippen molar-refractivity contribution in [2.75, 3.05) is 10.6 Å². The number of amides is 2. The molecule has 1 aliphatic rings. The first-order chi connectivity index (χ1) is 11.1. The molecule has 1 saturated carbocycles. The SMILES string of the molecule is CC(=O)Nc1ccc2nc(NC(=O)CCC3CCCC3)sc2c1. The lowest BCUT2D eigenvalue weighted by atomic mass is 10.0. The molecule has 2 aromatic rings. The van der Waals surface area contributed by atoms with Gasteiger partial charge in [0.2, 0.25) is 11.8 Å². The van der Waals surface area contributed by atoms with Crippen LogP contribution in [0.3, 0.4) is 0 Å². The maximum Gasteiger partial charge on any atom is 0.226 e. The van der Waals surface area contributed by atoms with E-state index in [0.717, 1.165) is 28.2 Å². The highest BCUT2D eigenvalue weighted by molar-refractivity contribution is 7.22. The number of aromatic nitrogens is 1. The number of hydrogen-bond acceptors (Lipinski definition) is 4. The number of benzene rings is 1. The van der Waals surface area contributed by atoms with Gasteiger partial charge in [-0.05, 0) is 30.5 Å². The molecule has 23 heavy (non-hydrogen) atoms. The van der Waals surface area contributed by atoms with E-state index in [-0.39, 0.29) is 11.8 Å². The first-order valence-electron chi connectivity index (χ1n) is 8.08. The second kappa shape index (κ2) is 7.08. The predicted octanol–water partition coefficient (Wildman–Crippen LogP) is 4.16. The molecule has 0 atom stereocenters. The lowest BCUT2D eigenvalue weighted by Crippen LogP contribution is -2.12. The summed E-state index contributed by atoms with van der Waals surface area (Å²) in [5, 5.41) is 6.27. The molecular weight excluding hydrogens is 310 g/mol. The minimum absolute atomic E-state index is 0.0399. The number of nitrogens with one attached hydrogen (secondary N) is 2. The molecule has 0 aliphatic heterocycles. The molecule has 3 rings (SSSR count). The topological polar surface area (TPSA) is 71.1 Å². The van der Waals surface area contributed by atoms with Crippen LogP contribution in [-0.2, 0) is 9.59 Å². The van der Waals surface area contributed by atoms with Crippen LogP contribution in [0.1, 0.15) is 45.4 Å². The number of anilines is 2. The van der Waals surface area contributed by atoms with Crippen molar-refractivity contribution in [2.24, 2.45) is 5.92 Å². The lowest BCUT2D eigenvalue weighted by Gasteiger charge is -2.07. The van der Waals surface area contributed by atoms with Gasteiger partial charge in [-0.25, -0.2) is 4.98 Å². The van der Waals surface area contributed by atoms with E-state index in [1.54, 1.807) is 0 Å². The van der Waals surface area contributed by atoms with E-state index in [1.165, 1.54) is 43.9 Å². The molecule has 0 bridgehead atoms. The zero-order chi connectivity index (χ0) is 16.2. The van der Waals surface area contributed by atoms with Gasteiger partial charge in [0, 0.05) is 19.0 Å². The molecule has 0 unspecified atom stereocenters. The average molecular weight is 331 g/mol. The van der Waals surface area contributed by atoms with Crippen molar-refractivity contribution < 1.29 is 9.59 Å². The molecule has 1 fully saturated rings. The summed E-state index contributed by atoms with van der Waals surface area (Å²) in [5.74, 6) is 0.656. The quantitative estimate of drug-likeness (QED) is 0.864. The lowest BCUT2D eigenvalue weighted by molar-refractivity contribution is -0.116. The van der Waals surface area contributed by atoms with E-state index in [4.69, 9.17) is 0 Å². The molecule has 0 saturated heterocycles. The fraction of sp³-hybridized carbons (Fsp3) is 0.471. The summed E-state index contributed by atoms with van der Waals surface area (Å²) >= 11 is 1.43. The minimum Gasteiger partial charge on any atom is -0.326 e. The smallest absolute Gasteiger partial charge is 0.226 e. The number of fused-ring (bicyclic) bond motifs is 1. The minimum atomic E-state index is -0.102. The van der Waals surface area contributed by atoms with Gasteiger partial charge in [0.1, 0.15) is 0 Å². The fourth-order valence-corrected chi connectivity index (χ4v) is 4.00. The largest absolute Gasteiger partial charge is 0.326 e. The molecule has 1 aliphatic carbocycles. The van der Waals surface area contributed by atoms with E-state index in [1.807, 2.05) is 18.2 Å².